The predicted molar refractivity (Wildman–Crippen MR) is 176 cm³/mol. The number of halogens is 2. The maximum Gasteiger partial charge on any atom is 0.296 e. The maximum atomic E-state index is 13.9. The summed E-state index contributed by atoms with van der Waals surface area (Å²) in [6.07, 6.45) is 1.74. The minimum absolute atomic E-state index is 0.00873. The molecule has 13 heteroatoms. The number of pyridine rings is 1. The smallest absolute Gasteiger partial charge is 0.296 e. The largest absolute Gasteiger partial charge is 0.306 e. The first kappa shape index (κ1) is 30.8. The quantitative estimate of drug-likeness (QED) is 0.227. The fraction of sp³-hybridized carbons (Fsp3) is 0.121. The number of carbonyl (C=O) groups excluding carboxylic acids is 1. The molecule has 234 valence electrons. The van der Waals surface area contributed by atoms with Crippen LogP contribution in [0.5, 0.6) is 0 Å². The van der Waals surface area contributed by atoms with Crippen molar-refractivity contribution in [1.29, 1.82) is 0 Å². The number of aryl methyl sites for hydroxylation is 1. The van der Waals surface area contributed by atoms with Gasteiger partial charge in [-0.25, -0.2) is 22.5 Å². The Morgan fingerprint density at radius 3 is 2.37 bits per heavy atom. The van der Waals surface area contributed by atoms with Gasteiger partial charge in [-0.2, -0.15) is 0 Å². The molecule has 0 fully saturated rings. The van der Waals surface area contributed by atoms with E-state index in [4.69, 9.17) is 11.6 Å². The minimum atomic E-state index is -4.34. The average Bonchev–Trinajstić information content (AvgIpc) is 3.49. The summed E-state index contributed by atoms with van der Waals surface area (Å²) in [6.45, 7) is 3.56. The van der Waals surface area contributed by atoms with Gasteiger partial charge in [-0.3, -0.25) is 23.0 Å². The lowest BCUT2D eigenvalue weighted by atomic mass is 10.1. The van der Waals surface area contributed by atoms with Crippen molar-refractivity contribution in [2.75, 3.05) is 16.7 Å². The highest BCUT2D eigenvalue weighted by Gasteiger charge is 2.30. The van der Waals surface area contributed by atoms with Gasteiger partial charge in [-0.05, 0) is 86.1 Å². The number of para-hydroxylation sites is 1. The van der Waals surface area contributed by atoms with Crippen molar-refractivity contribution in [3.05, 3.63) is 129 Å². The van der Waals surface area contributed by atoms with Crippen LogP contribution in [-0.4, -0.2) is 40.1 Å². The normalized spacial score (nSPS) is 11.6. The van der Waals surface area contributed by atoms with Crippen molar-refractivity contribution in [3.63, 3.8) is 0 Å². The molecular formula is C33H28ClFN6O4S. The number of rotatable bonds is 7. The third-order valence-corrected chi connectivity index (χ3v) is 9.89. The molecule has 0 spiro atoms. The van der Waals surface area contributed by atoms with Crippen LogP contribution in [0.25, 0.3) is 22.6 Å². The molecule has 6 aromatic rings. The number of hydrogen-bond donors (Lipinski definition) is 1. The van der Waals surface area contributed by atoms with Crippen molar-refractivity contribution in [1.82, 2.24) is 18.7 Å². The Balaban J connectivity index is 1.39. The molecule has 0 aliphatic carbocycles. The Morgan fingerprint density at radius 2 is 1.67 bits per heavy atom. The molecule has 0 saturated heterocycles. The van der Waals surface area contributed by atoms with Crippen LogP contribution in [0.15, 0.2) is 101 Å². The molecule has 0 unspecified atom stereocenters. The predicted octanol–water partition coefficient (Wildman–Crippen LogP) is 5.98. The highest BCUT2D eigenvalue weighted by molar-refractivity contribution is 7.92. The van der Waals surface area contributed by atoms with Crippen LogP contribution < -0.4 is 15.2 Å². The number of fused-ring (bicyclic) bond motifs is 1. The van der Waals surface area contributed by atoms with Crippen LogP contribution in [0.2, 0.25) is 5.02 Å². The van der Waals surface area contributed by atoms with Gasteiger partial charge in [0.25, 0.3) is 21.5 Å². The highest BCUT2D eigenvalue weighted by atomic mass is 35.5. The van der Waals surface area contributed by atoms with Gasteiger partial charge in [0.15, 0.2) is 0 Å². The Labute approximate surface area is 269 Å². The number of imidazole rings is 1. The van der Waals surface area contributed by atoms with E-state index in [1.807, 2.05) is 25.1 Å². The van der Waals surface area contributed by atoms with Crippen molar-refractivity contribution in [2.45, 2.75) is 18.7 Å². The molecular weight excluding hydrogens is 631 g/mol. The molecule has 10 nitrogen and oxygen atoms in total. The Bertz CT molecular complexity index is 2310. The first-order chi connectivity index (χ1) is 21.9. The third kappa shape index (κ3) is 5.25. The fourth-order valence-corrected chi connectivity index (χ4v) is 6.76. The van der Waals surface area contributed by atoms with Crippen molar-refractivity contribution < 1.29 is 17.6 Å². The summed E-state index contributed by atoms with van der Waals surface area (Å²) in [4.78, 5) is 31.7. The van der Waals surface area contributed by atoms with Crippen LogP contribution in [0, 0.1) is 19.7 Å². The van der Waals surface area contributed by atoms with Gasteiger partial charge in [-0.15, -0.1) is 0 Å². The monoisotopic (exact) mass is 658 g/mol. The topological polar surface area (TPSA) is 111 Å². The molecule has 3 aromatic carbocycles. The van der Waals surface area contributed by atoms with E-state index in [9.17, 15) is 22.4 Å². The van der Waals surface area contributed by atoms with Gasteiger partial charge >= 0.3 is 0 Å². The molecule has 1 amide bonds. The molecule has 6 rings (SSSR count). The van der Waals surface area contributed by atoms with Gasteiger partial charge < -0.3 is 5.32 Å². The van der Waals surface area contributed by atoms with Crippen LogP contribution in [0.3, 0.4) is 0 Å². The van der Waals surface area contributed by atoms with E-state index < -0.39 is 27.3 Å². The molecule has 0 bridgehead atoms. The van der Waals surface area contributed by atoms with Gasteiger partial charge in [-0.1, -0.05) is 29.8 Å². The molecule has 0 saturated carbocycles. The second-order valence-corrected chi connectivity index (χ2v) is 13.1. The zero-order valence-corrected chi connectivity index (χ0v) is 26.8. The molecule has 0 radical (unpaired) electrons. The van der Waals surface area contributed by atoms with Crippen molar-refractivity contribution in [3.8, 4) is 16.9 Å². The van der Waals surface area contributed by atoms with Crippen LogP contribution in [-0.2, 0) is 17.1 Å². The lowest BCUT2D eigenvalue weighted by Crippen LogP contribution is -2.32. The van der Waals surface area contributed by atoms with Gasteiger partial charge in [0.2, 0.25) is 0 Å². The molecule has 3 heterocycles. The summed E-state index contributed by atoms with van der Waals surface area (Å²) in [7, 11) is -1.38. The van der Waals surface area contributed by atoms with Crippen LogP contribution in [0.4, 0.5) is 15.9 Å². The molecule has 1 N–H and O–H groups in total. The van der Waals surface area contributed by atoms with Crippen molar-refractivity contribution >= 4 is 44.7 Å². The zero-order valence-electron chi connectivity index (χ0n) is 25.2. The summed E-state index contributed by atoms with van der Waals surface area (Å²) in [5.41, 5.74) is 2.72. The number of anilines is 2. The van der Waals surface area contributed by atoms with Gasteiger partial charge in [0.1, 0.15) is 28.7 Å². The summed E-state index contributed by atoms with van der Waals surface area (Å²) < 4.78 is 47.1. The van der Waals surface area contributed by atoms with E-state index in [2.05, 4.69) is 10.3 Å². The van der Waals surface area contributed by atoms with E-state index in [0.717, 1.165) is 9.87 Å². The fourth-order valence-electron chi connectivity index (χ4n) is 5.28. The van der Waals surface area contributed by atoms with E-state index in [1.165, 1.54) is 42.1 Å². The molecule has 3 aromatic heterocycles. The van der Waals surface area contributed by atoms with Gasteiger partial charge in [0, 0.05) is 25.9 Å². The second kappa shape index (κ2) is 11.6. The molecule has 0 aliphatic rings. The first-order valence-corrected chi connectivity index (χ1v) is 15.9. The number of carbonyl (C=O) groups is 1. The summed E-state index contributed by atoms with van der Waals surface area (Å²) in [5, 5.41) is 2.84. The van der Waals surface area contributed by atoms with E-state index in [-0.39, 0.29) is 27.0 Å². The summed E-state index contributed by atoms with van der Waals surface area (Å²) in [6, 6.07) is 22.0. The van der Waals surface area contributed by atoms with Gasteiger partial charge in [0.05, 0.1) is 26.9 Å². The number of nitrogens with one attached hydrogen (secondary N) is 1. The van der Waals surface area contributed by atoms with E-state index in [1.54, 1.807) is 65.6 Å². The lowest BCUT2D eigenvalue weighted by Gasteiger charge is -2.19. The van der Waals surface area contributed by atoms with E-state index in [0.29, 0.717) is 28.3 Å². The van der Waals surface area contributed by atoms with Crippen LogP contribution >= 0.6 is 11.6 Å². The number of sulfonamides is 1. The molecule has 46 heavy (non-hydrogen) atoms. The van der Waals surface area contributed by atoms with E-state index >= 15 is 0 Å². The number of aromatic nitrogens is 4. The SMILES string of the molecule is Cc1ccn2c(NC(=O)c3cc(S(=O)(=O)N(C)c4c(C)n(C)n(-c5ccccc5)c4=O)ccc3Cl)c(-c3ccc(F)cc3)nc2c1. The summed E-state index contributed by atoms with van der Waals surface area (Å²) >= 11 is 6.44. The van der Waals surface area contributed by atoms with Crippen molar-refractivity contribution in [2.24, 2.45) is 7.05 Å². The lowest BCUT2D eigenvalue weighted by molar-refractivity contribution is 0.102. The third-order valence-electron chi connectivity index (χ3n) is 7.81. The zero-order chi connectivity index (χ0) is 32.9. The number of benzene rings is 3. The number of amides is 1. The maximum absolute atomic E-state index is 13.9. The minimum Gasteiger partial charge on any atom is -0.306 e. The first-order valence-electron chi connectivity index (χ1n) is 14.1. The average molecular weight is 659 g/mol. The Hall–Kier alpha value is -5.20. The number of nitrogens with zero attached hydrogens (tertiary/aromatic N) is 5. The van der Waals surface area contributed by atoms with Crippen LogP contribution in [0.1, 0.15) is 21.6 Å². The molecule has 0 aliphatic heterocycles. The highest BCUT2D eigenvalue weighted by Crippen LogP contribution is 2.32. The second-order valence-electron chi connectivity index (χ2n) is 10.7. The Morgan fingerprint density at radius 1 is 0.978 bits per heavy atom. The Kier molecular flexibility index (Phi) is 7.78. The summed E-state index contributed by atoms with van der Waals surface area (Å²) in [5.74, 6) is -0.833. The number of hydrogen-bond acceptors (Lipinski definition) is 5. The molecule has 0 atom stereocenters. The standard InChI is InChI=1S/C33H28ClFN6O4S/c1-20-16-17-40-28(18-20)36-29(22-10-12-23(35)13-11-22)31(40)37-32(42)26-19-25(14-15-27(26)34)46(44,45)39(4)30-21(2)38(3)41(33(30)43)24-8-6-5-7-9-24/h5-19H,1-4H3,(H,37,42).